The Morgan fingerprint density at radius 1 is 1.25 bits per heavy atom. The first kappa shape index (κ1) is 12.5. The Bertz CT molecular complexity index is 365. The van der Waals surface area contributed by atoms with Crippen molar-refractivity contribution in [3.63, 3.8) is 0 Å². The second kappa shape index (κ2) is 4.53. The third-order valence-corrected chi connectivity index (χ3v) is 2.16. The van der Waals surface area contributed by atoms with E-state index in [-0.39, 0.29) is 0 Å². The zero-order chi connectivity index (χ0) is 12.3. The first-order chi connectivity index (χ1) is 7.36. The van der Waals surface area contributed by atoms with Gasteiger partial charge in [0.1, 0.15) is 5.75 Å². The molecule has 1 aromatic rings. The molecule has 1 rings (SSSR count). The molecular weight excluding hydrogens is 206 g/mol. The molecule has 1 amide bonds. The minimum atomic E-state index is -0.614. The Morgan fingerprint density at radius 3 is 2.12 bits per heavy atom. The number of hydrogen-bond acceptors (Lipinski definition) is 3. The number of nitrogens with zero attached hydrogens (tertiary/aromatic N) is 1. The van der Waals surface area contributed by atoms with Gasteiger partial charge in [0.15, 0.2) is 0 Å². The number of carbonyl (C=O) groups is 1. The van der Waals surface area contributed by atoms with Gasteiger partial charge in [-0.2, -0.15) is 0 Å². The molecule has 4 nitrogen and oxygen atoms in total. The van der Waals surface area contributed by atoms with Crippen LogP contribution in [0.25, 0.3) is 0 Å². The SMILES string of the molecule is COc1ccc(C(=O)N(O)C(C)(C)C)cc1. The molecule has 0 aromatic heterocycles. The molecule has 88 valence electrons. The molecule has 0 radical (unpaired) electrons. The van der Waals surface area contributed by atoms with Crippen LogP contribution in [0.1, 0.15) is 31.1 Å². The second-order valence-corrected chi connectivity index (χ2v) is 4.52. The summed E-state index contributed by atoms with van der Waals surface area (Å²) >= 11 is 0. The molecule has 0 saturated heterocycles. The van der Waals surface area contributed by atoms with Crippen molar-refractivity contribution >= 4 is 5.91 Å². The molecule has 0 bridgehead atoms. The first-order valence-electron chi connectivity index (χ1n) is 5.04. The van der Waals surface area contributed by atoms with Crippen molar-refractivity contribution in [1.29, 1.82) is 0 Å². The lowest BCUT2D eigenvalue weighted by atomic mass is 10.1. The first-order valence-corrected chi connectivity index (χ1v) is 5.04. The summed E-state index contributed by atoms with van der Waals surface area (Å²) in [6.45, 7) is 5.28. The fourth-order valence-electron chi connectivity index (χ4n) is 1.16. The van der Waals surface area contributed by atoms with Gasteiger partial charge >= 0.3 is 0 Å². The maximum atomic E-state index is 11.8. The molecule has 0 saturated carbocycles. The summed E-state index contributed by atoms with van der Waals surface area (Å²) in [6, 6.07) is 6.61. The van der Waals surface area contributed by atoms with E-state index < -0.39 is 11.4 Å². The fraction of sp³-hybridized carbons (Fsp3) is 0.417. The summed E-state index contributed by atoms with van der Waals surface area (Å²) in [6.07, 6.45) is 0. The highest BCUT2D eigenvalue weighted by Crippen LogP contribution is 2.17. The lowest BCUT2D eigenvalue weighted by Crippen LogP contribution is -2.43. The third-order valence-electron chi connectivity index (χ3n) is 2.16. The summed E-state index contributed by atoms with van der Waals surface area (Å²) in [7, 11) is 1.56. The molecule has 4 heteroatoms. The highest BCUT2D eigenvalue weighted by molar-refractivity contribution is 5.93. The average Bonchev–Trinajstić information content (AvgIpc) is 2.26. The van der Waals surface area contributed by atoms with Crippen LogP contribution in [-0.4, -0.2) is 28.8 Å². The van der Waals surface area contributed by atoms with Crippen molar-refractivity contribution in [3.05, 3.63) is 29.8 Å². The zero-order valence-corrected chi connectivity index (χ0v) is 10.0. The van der Waals surface area contributed by atoms with E-state index >= 15 is 0 Å². The summed E-state index contributed by atoms with van der Waals surface area (Å²) in [5.41, 5.74) is -0.185. The second-order valence-electron chi connectivity index (χ2n) is 4.52. The van der Waals surface area contributed by atoms with Crippen molar-refractivity contribution in [1.82, 2.24) is 5.06 Å². The maximum absolute atomic E-state index is 11.8. The predicted molar refractivity (Wildman–Crippen MR) is 60.7 cm³/mol. The molecule has 0 heterocycles. The van der Waals surface area contributed by atoms with Gasteiger partial charge in [0.25, 0.3) is 5.91 Å². The number of methoxy groups -OCH3 is 1. The standard InChI is InChI=1S/C12H17NO3/c1-12(2,3)13(15)11(14)9-5-7-10(16-4)8-6-9/h5-8,15H,1-4H3. The average molecular weight is 223 g/mol. The zero-order valence-electron chi connectivity index (χ0n) is 10.0. The molecule has 16 heavy (non-hydrogen) atoms. The summed E-state index contributed by atoms with van der Waals surface area (Å²) in [4.78, 5) is 11.8. The van der Waals surface area contributed by atoms with E-state index in [1.165, 1.54) is 0 Å². The number of carbonyl (C=O) groups excluding carboxylic acids is 1. The van der Waals surface area contributed by atoms with Crippen LogP contribution >= 0.6 is 0 Å². The molecule has 0 aliphatic carbocycles. The number of benzene rings is 1. The Labute approximate surface area is 95.4 Å². The van der Waals surface area contributed by atoms with Crippen molar-refractivity contribution < 1.29 is 14.7 Å². The van der Waals surface area contributed by atoms with Crippen LogP contribution in [0.2, 0.25) is 0 Å². The molecule has 1 N–H and O–H groups in total. The monoisotopic (exact) mass is 223 g/mol. The Morgan fingerprint density at radius 2 is 1.75 bits per heavy atom. The van der Waals surface area contributed by atoms with E-state index in [1.807, 2.05) is 0 Å². The van der Waals surface area contributed by atoms with E-state index in [1.54, 1.807) is 52.1 Å². The van der Waals surface area contributed by atoms with Crippen LogP contribution in [0.3, 0.4) is 0 Å². The van der Waals surface area contributed by atoms with Crippen LogP contribution < -0.4 is 4.74 Å². The third kappa shape index (κ3) is 2.73. The van der Waals surface area contributed by atoms with Crippen molar-refractivity contribution in [3.8, 4) is 5.75 Å². The van der Waals surface area contributed by atoms with E-state index in [4.69, 9.17) is 4.74 Å². The van der Waals surface area contributed by atoms with E-state index in [2.05, 4.69) is 0 Å². The molecule has 0 aliphatic heterocycles. The lowest BCUT2D eigenvalue weighted by Gasteiger charge is -2.29. The van der Waals surface area contributed by atoms with Gasteiger partial charge in [0.05, 0.1) is 12.6 Å². The smallest absolute Gasteiger partial charge is 0.277 e. The molecule has 0 unspecified atom stereocenters. The molecule has 1 aromatic carbocycles. The van der Waals surface area contributed by atoms with Gasteiger partial charge in [-0.05, 0) is 45.0 Å². The minimum Gasteiger partial charge on any atom is -0.497 e. The summed E-state index contributed by atoms with van der Waals surface area (Å²) in [5, 5.41) is 10.4. The van der Waals surface area contributed by atoms with Crippen LogP contribution in [0.5, 0.6) is 5.75 Å². The Kier molecular flexibility index (Phi) is 3.55. The van der Waals surface area contributed by atoms with E-state index in [0.717, 1.165) is 5.06 Å². The Hall–Kier alpha value is -1.55. The largest absolute Gasteiger partial charge is 0.497 e. The van der Waals surface area contributed by atoms with Gasteiger partial charge in [0, 0.05) is 5.56 Å². The topological polar surface area (TPSA) is 49.8 Å². The van der Waals surface area contributed by atoms with Crippen molar-refractivity contribution in [2.24, 2.45) is 0 Å². The fourth-order valence-corrected chi connectivity index (χ4v) is 1.16. The lowest BCUT2D eigenvalue weighted by molar-refractivity contribution is -0.114. The Balaban J connectivity index is 2.88. The molecule has 0 spiro atoms. The van der Waals surface area contributed by atoms with Crippen LogP contribution in [0.15, 0.2) is 24.3 Å². The number of ether oxygens (including phenoxy) is 1. The number of hydroxylamine groups is 2. The molecule has 0 fully saturated rings. The van der Waals surface area contributed by atoms with Crippen molar-refractivity contribution in [2.45, 2.75) is 26.3 Å². The predicted octanol–water partition coefficient (Wildman–Crippen LogP) is 2.33. The molecule has 0 aliphatic rings. The van der Waals surface area contributed by atoms with Gasteiger partial charge in [-0.25, -0.2) is 5.06 Å². The molecular formula is C12H17NO3. The van der Waals surface area contributed by atoms with Gasteiger partial charge in [-0.15, -0.1) is 0 Å². The maximum Gasteiger partial charge on any atom is 0.277 e. The van der Waals surface area contributed by atoms with E-state index in [9.17, 15) is 10.0 Å². The van der Waals surface area contributed by atoms with Crippen LogP contribution in [-0.2, 0) is 0 Å². The van der Waals surface area contributed by atoms with Gasteiger partial charge < -0.3 is 4.74 Å². The number of amides is 1. The van der Waals surface area contributed by atoms with Gasteiger partial charge in [-0.1, -0.05) is 0 Å². The summed E-state index contributed by atoms with van der Waals surface area (Å²) in [5.74, 6) is 0.256. The summed E-state index contributed by atoms with van der Waals surface area (Å²) < 4.78 is 4.99. The molecule has 0 atom stereocenters. The van der Waals surface area contributed by atoms with Crippen LogP contribution in [0.4, 0.5) is 0 Å². The van der Waals surface area contributed by atoms with Gasteiger partial charge in [0.2, 0.25) is 0 Å². The minimum absolute atomic E-state index is 0.421. The number of rotatable bonds is 2. The van der Waals surface area contributed by atoms with E-state index in [0.29, 0.717) is 11.3 Å². The normalized spacial score (nSPS) is 11.1. The highest BCUT2D eigenvalue weighted by Gasteiger charge is 2.25. The van der Waals surface area contributed by atoms with Crippen LogP contribution in [0, 0.1) is 0 Å². The van der Waals surface area contributed by atoms with Gasteiger partial charge in [-0.3, -0.25) is 10.0 Å². The van der Waals surface area contributed by atoms with Crippen molar-refractivity contribution in [2.75, 3.05) is 7.11 Å². The highest BCUT2D eigenvalue weighted by atomic mass is 16.5. The quantitative estimate of drug-likeness (QED) is 0.618. The number of hydrogen-bond donors (Lipinski definition) is 1.